The first kappa shape index (κ1) is 16.6. The molecule has 2 rings (SSSR count). The lowest BCUT2D eigenvalue weighted by Crippen LogP contribution is -2.34. The van der Waals surface area contributed by atoms with Crippen LogP contribution in [0.1, 0.15) is 5.76 Å². The number of hydrogen-bond donors (Lipinski definition) is 0. The summed E-state index contributed by atoms with van der Waals surface area (Å²) in [6, 6.07) is 2.54. The first-order valence-corrected chi connectivity index (χ1v) is 7.19. The van der Waals surface area contributed by atoms with Gasteiger partial charge in [0.1, 0.15) is 16.5 Å². The number of furan rings is 1. The van der Waals surface area contributed by atoms with Crippen molar-refractivity contribution in [2.24, 2.45) is 0 Å². The fourth-order valence-electron chi connectivity index (χ4n) is 1.84. The van der Waals surface area contributed by atoms with Gasteiger partial charge in [-0.3, -0.25) is 19.7 Å². The Morgan fingerprint density at radius 1 is 1.43 bits per heavy atom. The fraction of sp³-hybridized carbons (Fsp3) is 0.143. The van der Waals surface area contributed by atoms with Crippen LogP contribution < -0.4 is 0 Å². The van der Waals surface area contributed by atoms with Gasteiger partial charge in [0.25, 0.3) is 11.1 Å². The van der Waals surface area contributed by atoms with Crippen LogP contribution in [0.2, 0.25) is 0 Å². The van der Waals surface area contributed by atoms with Crippen LogP contribution in [-0.4, -0.2) is 40.0 Å². The molecule has 1 saturated heterocycles. The molecule has 1 aromatic heterocycles. The first-order chi connectivity index (χ1) is 10.8. The van der Waals surface area contributed by atoms with E-state index in [2.05, 4.69) is 6.58 Å². The molecule has 0 saturated carbocycles. The predicted molar refractivity (Wildman–Crippen MR) is 85.1 cm³/mol. The Kier molecular flexibility index (Phi) is 4.70. The minimum atomic E-state index is -0.681. The van der Waals surface area contributed by atoms with Crippen molar-refractivity contribution < 1.29 is 18.9 Å². The second kappa shape index (κ2) is 6.53. The van der Waals surface area contributed by atoms with E-state index in [0.717, 1.165) is 16.7 Å². The van der Waals surface area contributed by atoms with Gasteiger partial charge < -0.3 is 9.32 Å². The molecule has 9 heteroatoms. The van der Waals surface area contributed by atoms with E-state index in [0.29, 0.717) is 5.82 Å². The van der Waals surface area contributed by atoms with Crippen LogP contribution in [0, 0.1) is 10.1 Å². The highest BCUT2D eigenvalue weighted by atomic mass is 32.2. The van der Waals surface area contributed by atoms with Crippen molar-refractivity contribution in [1.82, 2.24) is 9.80 Å². The van der Waals surface area contributed by atoms with Crippen molar-refractivity contribution >= 4 is 34.9 Å². The maximum Gasteiger partial charge on any atom is 0.433 e. The molecule has 120 valence electrons. The number of amides is 2. The van der Waals surface area contributed by atoms with E-state index in [1.54, 1.807) is 19.0 Å². The smallest absolute Gasteiger partial charge is 0.401 e. The molecule has 0 N–H and O–H groups in total. The molecule has 1 aromatic rings. The number of nitro groups is 1. The molecule has 0 bridgehead atoms. The summed E-state index contributed by atoms with van der Waals surface area (Å²) in [5, 5.41) is 10.1. The van der Waals surface area contributed by atoms with Gasteiger partial charge in [-0.05, 0) is 23.9 Å². The lowest BCUT2D eigenvalue weighted by molar-refractivity contribution is -0.402. The second-order valence-corrected chi connectivity index (χ2v) is 5.60. The van der Waals surface area contributed by atoms with Gasteiger partial charge in [-0.15, -0.1) is 0 Å². The highest BCUT2D eigenvalue weighted by molar-refractivity contribution is 8.18. The Morgan fingerprint density at radius 3 is 2.65 bits per heavy atom. The molecular formula is C14H13N3O5S. The summed E-state index contributed by atoms with van der Waals surface area (Å²) in [6.07, 6.45) is 4.31. The maximum atomic E-state index is 12.4. The number of hydrogen-bond acceptors (Lipinski definition) is 7. The molecular weight excluding hydrogens is 322 g/mol. The molecule has 1 aliphatic rings. The molecule has 2 amide bonds. The van der Waals surface area contributed by atoms with Gasteiger partial charge in [0.2, 0.25) is 0 Å². The van der Waals surface area contributed by atoms with E-state index in [1.165, 1.54) is 30.4 Å². The number of allylic oxidation sites excluding steroid dienone is 2. The van der Waals surface area contributed by atoms with Crippen LogP contribution in [0.5, 0.6) is 0 Å². The van der Waals surface area contributed by atoms with Crippen LogP contribution in [0.25, 0.3) is 6.08 Å². The summed E-state index contributed by atoms with van der Waals surface area (Å²) in [5.41, 5.74) is 0. The quantitative estimate of drug-likeness (QED) is 0.353. The molecule has 0 radical (unpaired) electrons. The van der Waals surface area contributed by atoms with Gasteiger partial charge in [-0.1, -0.05) is 12.7 Å². The zero-order chi connectivity index (χ0) is 17.1. The van der Waals surface area contributed by atoms with Crippen LogP contribution in [0.4, 0.5) is 10.7 Å². The highest BCUT2D eigenvalue weighted by Crippen LogP contribution is 2.35. The third-order valence-corrected chi connectivity index (χ3v) is 3.68. The lowest BCUT2D eigenvalue weighted by atomic mass is 10.3. The molecule has 0 aliphatic carbocycles. The molecule has 0 aromatic carbocycles. The van der Waals surface area contributed by atoms with Crippen molar-refractivity contribution in [3.05, 3.63) is 57.5 Å². The van der Waals surface area contributed by atoms with Crippen molar-refractivity contribution in [3.63, 3.8) is 0 Å². The molecule has 1 aliphatic heterocycles. The predicted octanol–water partition coefficient (Wildman–Crippen LogP) is 2.81. The van der Waals surface area contributed by atoms with Crippen LogP contribution in [0.15, 0.2) is 46.0 Å². The largest absolute Gasteiger partial charge is 0.433 e. The van der Waals surface area contributed by atoms with Gasteiger partial charge in [-0.2, -0.15) is 0 Å². The SMILES string of the molecule is C=C/C=C(\N(C)C)N1C(=O)S/C(=C\c2ccc([N+](=O)[O-])o2)C1=O. The Labute approximate surface area is 135 Å². The molecule has 0 atom stereocenters. The normalized spacial score (nSPS) is 17.0. The average molecular weight is 335 g/mol. The first-order valence-electron chi connectivity index (χ1n) is 6.37. The van der Waals surface area contributed by atoms with Crippen molar-refractivity contribution in [3.8, 4) is 0 Å². The van der Waals surface area contributed by atoms with Crippen LogP contribution >= 0.6 is 11.8 Å². The third-order valence-electron chi connectivity index (χ3n) is 2.81. The minimum Gasteiger partial charge on any atom is -0.401 e. The molecule has 1 fully saturated rings. The summed E-state index contributed by atoms with van der Waals surface area (Å²) >= 11 is 0.733. The summed E-state index contributed by atoms with van der Waals surface area (Å²) in [6.45, 7) is 3.56. The van der Waals surface area contributed by atoms with Crippen molar-refractivity contribution in [2.75, 3.05) is 14.1 Å². The van der Waals surface area contributed by atoms with Crippen LogP contribution in [-0.2, 0) is 4.79 Å². The fourth-order valence-corrected chi connectivity index (χ4v) is 2.65. The Balaban J connectivity index is 2.33. The van der Waals surface area contributed by atoms with Gasteiger partial charge in [0.15, 0.2) is 0 Å². The Morgan fingerprint density at radius 2 is 2.13 bits per heavy atom. The third kappa shape index (κ3) is 3.34. The van der Waals surface area contributed by atoms with Gasteiger partial charge in [-0.25, -0.2) is 4.90 Å². The molecule has 23 heavy (non-hydrogen) atoms. The van der Waals surface area contributed by atoms with Gasteiger partial charge >= 0.3 is 5.88 Å². The van der Waals surface area contributed by atoms with E-state index >= 15 is 0 Å². The zero-order valence-electron chi connectivity index (χ0n) is 12.4. The highest BCUT2D eigenvalue weighted by Gasteiger charge is 2.38. The summed E-state index contributed by atoms with van der Waals surface area (Å²) in [5.74, 6) is -0.463. The average Bonchev–Trinajstić information content (AvgIpc) is 3.03. The summed E-state index contributed by atoms with van der Waals surface area (Å²) < 4.78 is 4.97. The van der Waals surface area contributed by atoms with E-state index < -0.39 is 22.0 Å². The molecule has 8 nitrogen and oxygen atoms in total. The molecule has 2 heterocycles. The van der Waals surface area contributed by atoms with Crippen molar-refractivity contribution in [2.45, 2.75) is 0 Å². The Bertz CT molecular complexity index is 747. The number of imide groups is 1. The number of rotatable bonds is 5. The number of carbonyl (C=O) groups is 2. The summed E-state index contributed by atoms with van der Waals surface area (Å²) in [7, 11) is 3.39. The van der Waals surface area contributed by atoms with E-state index in [4.69, 9.17) is 4.42 Å². The topological polar surface area (TPSA) is 96.9 Å². The number of carbonyl (C=O) groups excluding carboxylic acids is 2. The number of thioether (sulfide) groups is 1. The Hall–Kier alpha value is -2.81. The minimum absolute atomic E-state index is 0.121. The number of nitrogens with zero attached hydrogens (tertiary/aromatic N) is 3. The molecule has 0 unspecified atom stereocenters. The van der Waals surface area contributed by atoms with E-state index in [9.17, 15) is 19.7 Å². The molecule has 0 spiro atoms. The van der Waals surface area contributed by atoms with Gasteiger partial charge in [0, 0.05) is 20.2 Å². The van der Waals surface area contributed by atoms with E-state index in [1.807, 2.05) is 0 Å². The second-order valence-electron chi connectivity index (χ2n) is 4.61. The maximum absolute atomic E-state index is 12.4. The monoisotopic (exact) mass is 335 g/mol. The van der Waals surface area contributed by atoms with Crippen molar-refractivity contribution in [1.29, 1.82) is 0 Å². The zero-order valence-corrected chi connectivity index (χ0v) is 13.2. The van der Waals surface area contributed by atoms with Crippen LogP contribution in [0.3, 0.4) is 0 Å². The lowest BCUT2D eigenvalue weighted by Gasteiger charge is -2.23. The van der Waals surface area contributed by atoms with Gasteiger partial charge in [0.05, 0.1) is 11.0 Å². The standard InChI is InChI=1S/C14H13N3O5S/c1-4-5-11(15(2)3)16-13(18)10(23-14(16)19)8-9-6-7-12(22-9)17(20)21/h4-8H,1H2,2-3H3/b10-8-,11-5+. The summed E-state index contributed by atoms with van der Waals surface area (Å²) in [4.78, 5) is 37.2. The van der Waals surface area contributed by atoms with E-state index in [-0.39, 0.29) is 10.7 Å².